The Labute approximate surface area is 157 Å². The van der Waals surface area contributed by atoms with E-state index in [1.807, 2.05) is 50.4 Å². The molecule has 0 saturated heterocycles. The van der Waals surface area contributed by atoms with Gasteiger partial charge in [-0.1, -0.05) is 18.2 Å². The molecule has 27 heavy (non-hydrogen) atoms. The molecule has 0 aliphatic heterocycles. The number of benzene rings is 2. The van der Waals surface area contributed by atoms with Gasteiger partial charge < -0.3 is 20.3 Å². The molecule has 0 aliphatic rings. The molecule has 0 atom stereocenters. The molecule has 0 amide bonds. The molecular weight excluding hydrogens is 348 g/mol. The first-order valence-electron chi connectivity index (χ1n) is 7.91. The van der Waals surface area contributed by atoms with E-state index in [1.54, 1.807) is 6.07 Å². The van der Waals surface area contributed by atoms with Gasteiger partial charge in [-0.05, 0) is 49.4 Å². The van der Waals surface area contributed by atoms with E-state index >= 15 is 0 Å². The van der Waals surface area contributed by atoms with Gasteiger partial charge in [-0.2, -0.15) is 5.26 Å². The van der Waals surface area contributed by atoms with Crippen molar-refractivity contribution in [2.24, 2.45) is 0 Å². The number of carbonyl (C=O) groups is 2. The Morgan fingerprint density at radius 1 is 1.15 bits per heavy atom. The lowest BCUT2D eigenvalue weighted by molar-refractivity contribution is -0.134. The number of carboxylic acids is 2. The normalized spacial score (nSPS) is 9.81. The van der Waals surface area contributed by atoms with Crippen LogP contribution < -0.4 is 10.1 Å². The molecule has 0 aromatic heterocycles. The van der Waals surface area contributed by atoms with Crippen LogP contribution >= 0.6 is 0 Å². The van der Waals surface area contributed by atoms with E-state index in [-0.39, 0.29) is 0 Å². The van der Waals surface area contributed by atoms with Gasteiger partial charge in [0.05, 0.1) is 5.56 Å². The lowest BCUT2D eigenvalue weighted by atomic mass is 10.1. The minimum Gasteiger partial charge on any atom is -0.478 e. The average Bonchev–Trinajstić information content (AvgIpc) is 2.61. The fourth-order valence-electron chi connectivity index (χ4n) is 2.00. The maximum atomic E-state index is 9.55. The van der Waals surface area contributed by atoms with Crippen LogP contribution in [0.5, 0.6) is 11.5 Å². The maximum Gasteiger partial charge on any atom is 0.328 e. The van der Waals surface area contributed by atoms with Crippen LogP contribution in [0.2, 0.25) is 0 Å². The minimum absolute atomic E-state index is 0.546. The van der Waals surface area contributed by atoms with Crippen molar-refractivity contribution in [3.05, 3.63) is 71.3 Å². The Bertz CT molecular complexity index is 853. The molecular formula is C20H20N2O5. The molecule has 7 nitrogen and oxygen atoms in total. The molecule has 7 heteroatoms. The van der Waals surface area contributed by atoms with Crippen molar-refractivity contribution < 1.29 is 24.5 Å². The fourth-order valence-corrected chi connectivity index (χ4v) is 2.00. The zero-order valence-corrected chi connectivity index (χ0v) is 15.0. The van der Waals surface area contributed by atoms with E-state index in [4.69, 9.17) is 20.2 Å². The molecule has 0 bridgehead atoms. The third-order valence-electron chi connectivity index (χ3n) is 3.13. The smallest absolute Gasteiger partial charge is 0.328 e. The fraction of sp³-hybridized carbons (Fsp3) is 0.150. The number of ether oxygens (including phenoxy) is 1. The summed E-state index contributed by atoms with van der Waals surface area (Å²) < 4.78 is 5.82. The molecule has 0 heterocycles. The third-order valence-corrected chi connectivity index (χ3v) is 3.13. The Morgan fingerprint density at radius 3 is 2.37 bits per heavy atom. The maximum absolute atomic E-state index is 9.55. The molecule has 140 valence electrons. The van der Waals surface area contributed by atoms with Gasteiger partial charge in [0, 0.05) is 18.7 Å². The zero-order chi connectivity index (χ0) is 20.2. The van der Waals surface area contributed by atoms with Gasteiger partial charge in [0.15, 0.2) is 0 Å². The quantitative estimate of drug-likeness (QED) is 0.670. The van der Waals surface area contributed by atoms with Crippen LogP contribution in [0.1, 0.15) is 16.7 Å². The summed E-state index contributed by atoms with van der Waals surface area (Å²) in [5, 5.41) is 27.8. The second kappa shape index (κ2) is 11.1. The van der Waals surface area contributed by atoms with Crippen molar-refractivity contribution >= 4 is 11.9 Å². The van der Waals surface area contributed by atoms with Gasteiger partial charge >= 0.3 is 11.9 Å². The van der Waals surface area contributed by atoms with Gasteiger partial charge in [0.2, 0.25) is 0 Å². The molecule has 2 aromatic carbocycles. The van der Waals surface area contributed by atoms with Crippen molar-refractivity contribution in [1.82, 2.24) is 5.32 Å². The first-order valence-corrected chi connectivity index (χ1v) is 7.91. The Balaban J connectivity index is 0.000000387. The summed E-state index contributed by atoms with van der Waals surface area (Å²) in [6.07, 6.45) is 1.12. The molecule has 0 spiro atoms. The van der Waals surface area contributed by atoms with Crippen LogP contribution in [0, 0.1) is 18.3 Å². The number of aliphatic carboxylic acids is 2. The van der Waals surface area contributed by atoms with E-state index in [2.05, 4.69) is 11.4 Å². The lowest BCUT2D eigenvalue weighted by Gasteiger charge is -2.09. The average molecular weight is 368 g/mol. The van der Waals surface area contributed by atoms with Crippen LogP contribution in [0.25, 0.3) is 0 Å². The number of carboxylic acid groups (broad SMARTS) is 2. The number of nitrogens with zero attached hydrogens (tertiary/aromatic N) is 1. The monoisotopic (exact) mass is 368 g/mol. The molecule has 0 unspecified atom stereocenters. The van der Waals surface area contributed by atoms with Crippen LogP contribution in [0.15, 0.2) is 54.6 Å². The van der Waals surface area contributed by atoms with Crippen LogP contribution in [-0.4, -0.2) is 29.2 Å². The molecule has 2 aromatic rings. The first kappa shape index (κ1) is 21.4. The SMILES string of the molecule is CNCc1cccc(Oc2cc(C)ccc2C#N)c1.O=C(O)/C=C/C(=O)O. The van der Waals surface area contributed by atoms with Crippen molar-refractivity contribution in [1.29, 1.82) is 5.26 Å². The highest BCUT2D eigenvalue weighted by atomic mass is 16.5. The van der Waals surface area contributed by atoms with Gasteiger partial charge in [-0.25, -0.2) is 9.59 Å². The van der Waals surface area contributed by atoms with Crippen LogP contribution in [0.4, 0.5) is 0 Å². The van der Waals surface area contributed by atoms with E-state index in [1.165, 1.54) is 0 Å². The highest BCUT2D eigenvalue weighted by Crippen LogP contribution is 2.26. The second-order valence-corrected chi connectivity index (χ2v) is 5.40. The summed E-state index contributed by atoms with van der Waals surface area (Å²) in [5.41, 5.74) is 2.76. The topological polar surface area (TPSA) is 120 Å². The number of nitrogens with one attached hydrogen (secondary N) is 1. The van der Waals surface area contributed by atoms with Gasteiger partial charge in [-0.15, -0.1) is 0 Å². The van der Waals surface area contributed by atoms with E-state index in [9.17, 15) is 9.59 Å². The van der Waals surface area contributed by atoms with Crippen molar-refractivity contribution in [3.8, 4) is 17.6 Å². The summed E-state index contributed by atoms with van der Waals surface area (Å²) in [6.45, 7) is 2.77. The molecule has 0 radical (unpaired) electrons. The molecule has 2 rings (SSSR count). The first-order chi connectivity index (χ1) is 12.8. The third kappa shape index (κ3) is 8.34. The molecule has 0 aliphatic carbocycles. The Morgan fingerprint density at radius 2 is 1.81 bits per heavy atom. The molecule has 0 fully saturated rings. The summed E-state index contributed by atoms with van der Waals surface area (Å²) in [7, 11) is 1.90. The van der Waals surface area contributed by atoms with Crippen LogP contribution in [-0.2, 0) is 16.1 Å². The van der Waals surface area contributed by atoms with Gasteiger partial charge in [-0.3, -0.25) is 0 Å². The Hall–Kier alpha value is -3.63. The molecule has 3 N–H and O–H groups in total. The number of aryl methyl sites for hydroxylation is 1. The predicted molar refractivity (Wildman–Crippen MR) is 99.6 cm³/mol. The lowest BCUT2D eigenvalue weighted by Crippen LogP contribution is -2.04. The van der Waals surface area contributed by atoms with E-state index < -0.39 is 11.9 Å². The minimum atomic E-state index is -1.26. The van der Waals surface area contributed by atoms with E-state index in [0.29, 0.717) is 23.5 Å². The predicted octanol–water partition coefficient (Wildman–Crippen LogP) is 3.09. The summed E-state index contributed by atoms with van der Waals surface area (Å²) in [6, 6.07) is 15.6. The summed E-state index contributed by atoms with van der Waals surface area (Å²) in [4.78, 5) is 19.1. The number of hydrogen-bond donors (Lipinski definition) is 3. The van der Waals surface area contributed by atoms with Gasteiger partial charge in [0.25, 0.3) is 0 Å². The highest BCUT2D eigenvalue weighted by molar-refractivity contribution is 5.89. The standard InChI is InChI=1S/C16H16N2O.C4H4O4/c1-12-6-7-14(10-17)16(8-12)19-15-5-3-4-13(9-15)11-18-2;5-3(6)1-2-4(7)8/h3-9,18H,11H2,1-2H3;1-2H,(H,5,6)(H,7,8)/b;2-1+. The van der Waals surface area contributed by atoms with Crippen molar-refractivity contribution in [3.63, 3.8) is 0 Å². The van der Waals surface area contributed by atoms with Gasteiger partial charge in [0.1, 0.15) is 17.6 Å². The van der Waals surface area contributed by atoms with Crippen LogP contribution in [0.3, 0.4) is 0 Å². The highest BCUT2D eigenvalue weighted by Gasteiger charge is 2.05. The number of hydrogen-bond acceptors (Lipinski definition) is 5. The summed E-state index contributed by atoms with van der Waals surface area (Å²) in [5.74, 6) is -1.17. The van der Waals surface area contributed by atoms with E-state index in [0.717, 1.165) is 23.4 Å². The zero-order valence-electron chi connectivity index (χ0n) is 15.0. The number of rotatable bonds is 6. The Kier molecular flexibility index (Phi) is 8.78. The summed E-state index contributed by atoms with van der Waals surface area (Å²) >= 11 is 0. The largest absolute Gasteiger partial charge is 0.478 e. The number of nitriles is 1. The van der Waals surface area contributed by atoms with Crippen molar-refractivity contribution in [2.45, 2.75) is 13.5 Å². The molecule has 0 saturated carbocycles. The van der Waals surface area contributed by atoms with Crippen molar-refractivity contribution in [2.75, 3.05) is 7.05 Å². The second-order valence-electron chi connectivity index (χ2n) is 5.40.